The molecule has 0 saturated heterocycles. The van der Waals surface area contributed by atoms with Crippen molar-refractivity contribution in [1.82, 2.24) is 20.1 Å². The second-order valence-corrected chi connectivity index (χ2v) is 8.75. The van der Waals surface area contributed by atoms with Gasteiger partial charge >= 0.3 is 5.97 Å². The highest BCUT2D eigenvalue weighted by molar-refractivity contribution is 6.05. The Morgan fingerprint density at radius 2 is 1.91 bits per heavy atom. The zero-order valence-electron chi connectivity index (χ0n) is 19.1. The number of aromatic nitrogens is 3. The largest absolute Gasteiger partial charge is 0.449 e. The van der Waals surface area contributed by atoms with Crippen LogP contribution < -0.4 is 5.32 Å². The van der Waals surface area contributed by atoms with Crippen LogP contribution in [-0.4, -0.2) is 38.8 Å². The van der Waals surface area contributed by atoms with Gasteiger partial charge in [0.05, 0.1) is 22.3 Å². The number of nitrogens with one attached hydrogen (secondary N) is 1. The average Bonchev–Trinajstić information content (AvgIpc) is 3.08. The third-order valence-electron chi connectivity index (χ3n) is 6.35. The summed E-state index contributed by atoms with van der Waals surface area (Å²) in [5, 5.41) is 8.15. The van der Waals surface area contributed by atoms with E-state index in [0.29, 0.717) is 33.9 Å². The van der Waals surface area contributed by atoms with Crippen LogP contribution in [0.2, 0.25) is 0 Å². The maximum atomic E-state index is 13.2. The Labute approximate surface area is 188 Å². The van der Waals surface area contributed by atoms with E-state index in [1.54, 1.807) is 24.7 Å². The molecule has 4 rings (SSSR count). The summed E-state index contributed by atoms with van der Waals surface area (Å²) in [4.78, 5) is 30.7. The molecular weight excluding hydrogens is 404 g/mol. The van der Waals surface area contributed by atoms with Gasteiger partial charge < -0.3 is 10.1 Å². The minimum atomic E-state index is -0.892. The molecule has 0 radical (unpaired) electrons. The fourth-order valence-electron chi connectivity index (χ4n) is 4.47. The van der Waals surface area contributed by atoms with E-state index in [1.807, 2.05) is 37.3 Å². The third kappa shape index (κ3) is 4.38. The van der Waals surface area contributed by atoms with Gasteiger partial charge in [-0.25, -0.2) is 9.78 Å². The molecule has 0 bridgehead atoms. The number of ether oxygens (including phenoxy) is 1. The van der Waals surface area contributed by atoms with Crippen molar-refractivity contribution in [3.05, 3.63) is 47.7 Å². The van der Waals surface area contributed by atoms with E-state index in [2.05, 4.69) is 17.3 Å². The topological polar surface area (TPSA) is 86.1 Å². The Kier molecular flexibility index (Phi) is 6.26. The lowest BCUT2D eigenvalue weighted by atomic mass is 9.86. The van der Waals surface area contributed by atoms with E-state index < -0.39 is 12.1 Å². The van der Waals surface area contributed by atoms with Gasteiger partial charge in [0.1, 0.15) is 0 Å². The SMILES string of the molecule is Cc1nn(C)c2nc(-c3ccccc3)cc(C(=O)OC(C)C(=O)NC3CCCCC3C)c12. The number of esters is 1. The number of rotatable bonds is 5. The molecule has 2 aromatic heterocycles. The average molecular weight is 435 g/mol. The van der Waals surface area contributed by atoms with Gasteiger partial charge in [-0.15, -0.1) is 0 Å². The summed E-state index contributed by atoms with van der Waals surface area (Å²) < 4.78 is 7.28. The number of fused-ring (bicyclic) bond motifs is 1. The number of benzene rings is 1. The molecule has 3 aromatic rings. The van der Waals surface area contributed by atoms with Crippen molar-refractivity contribution in [3.63, 3.8) is 0 Å². The molecule has 1 saturated carbocycles. The number of nitrogens with zero attached hydrogens (tertiary/aromatic N) is 3. The lowest BCUT2D eigenvalue weighted by Gasteiger charge is -2.30. The number of hydrogen-bond donors (Lipinski definition) is 1. The van der Waals surface area contributed by atoms with Gasteiger partial charge in [-0.1, -0.05) is 50.1 Å². The molecule has 1 aliphatic carbocycles. The van der Waals surface area contributed by atoms with Gasteiger partial charge in [0.25, 0.3) is 5.91 Å². The number of aryl methyl sites for hydroxylation is 2. The first kappa shape index (κ1) is 22.0. The molecule has 1 aromatic carbocycles. The molecule has 7 nitrogen and oxygen atoms in total. The molecule has 3 atom stereocenters. The van der Waals surface area contributed by atoms with E-state index in [9.17, 15) is 9.59 Å². The summed E-state index contributed by atoms with van der Waals surface area (Å²) >= 11 is 0. The van der Waals surface area contributed by atoms with Crippen LogP contribution in [0.1, 0.15) is 55.6 Å². The van der Waals surface area contributed by atoms with E-state index in [-0.39, 0.29) is 11.9 Å². The summed E-state index contributed by atoms with van der Waals surface area (Å²) in [6.07, 6.45) is 3.49. The predicted octanol–water partition coefficient (Wildman–Crippen LogP) is 4.18. The monoisotopic (exact) mass is 434 g/mol. The van der Waals surface area contributed by atoms with E-state index in [0.717, 1.165) is 24.8 Å². The first-order valence-electron chi connectivity index (χ1n) is 11.3. The van der Waals surface area contributed by atoms with Crippen molar-refractivity contribution in [2.45, 2.75) is 58.6 Å². The minimum Gasteiger partial charge on any atom is -0.449 e. The second-order valence-electron chi connectivity index (χ2n) is 8.75. The zero-order chi connectivity index (χ0) is 22.8. The molecule has 3 unspecified atom stereocenters. The normalized spacial score (nSPS) is 19.5. The molecule has 1 aliphatic rings. The fraction of sp³-hybridized carbons (Fsp3) is 0.440. The molecule has 0 aliphatic heterocycles. The summed E-state index contributed by atoms with van der Waals surface area (Å²) in [7, 11) is 1.80. The molecule has 1 amide bonds. The zero-order valence-corrected chi connectivity index (χ0v) is 19.1. The molecule has 1 N–H and O–H groups in total. The van der Waals surface area contributed by atoms with Gasteiger partial charge in [-0.2, -0.15) is 5.10 Å². The minimum absolute atomic E-state index is 0.135. The summed E-state index contributed by atoms with van der Waals surface area (Å²) in [6.45, 7) is 5.61. The van der Waals surface area contributed by atoms with Gasteiger partial charge in [0.2, 0.25) is 0 Å². The maximum absolute atomic E-state index is 13.2. The van der Waals surface area contributed by atoms with Crippen molar-refractivity contribution in [1.29, 1.82) is 0 Å². The number of carbonyl (C=O) groups excluding carboxylic acids is 2. The lowest BCUT2D eigenvalue weighted by molar-refractivity contribution is -0.130. The lowest BCUT2D eigenvalue weighted by Crippen LogP contribution is -2.46. The van der Waals surface area contributed by atoms with Crippen LogP contribution in [0.3, 0.4) is 0 Å². The Bertz CT molecular complexity index is 1140. The number of hydrogen-bond acceptors (Lipinski definition) is 5. The third-order valence-corrected chi connectivity index (χ3v) is 6.35. The molecule has 32 heavy (non-hydrogen) atoms. The fourth-order valence-corrected chi connectivity index (χ4v) is 4.47. The van der Waals surface area contributed by atoms with Crippen LogP contribution in [0.5, 0.6) is 0 Å². The van der Waals surface area contributed by atoms with Crippen LogP contribution in [0.4, 0.5) is 0 Å². The molecule has 1 fully saturated rings. The van der Waals surface area contributed by atoms with Crippen LogP contribution in [0.25, 0.3) is 22.3 Å². The van der Waals surface area contributed by atoms with E-state index in [1.165, 1.54) is 6.42 Å². The standard InChI is InChI=1S/C25H30N4O3/c1-15-10-8-9-13-20(15)27-24(30)17(3)32-25(31)19-14-21(18-11-6-5-7-12-18)26-23-22(19)16(2)28-29(23)4/h5-7,11-12,14-15,17,20H,8-10,13H2,1-4H3,(H,27,30). The quantitative estimate of drug-likeness (QED) is 0.609. The molecule has 7 heteroatoms. The molecule has 168 valence electrons. The smallest absolute Gasteiger partial charge is 0.339 e. The van der Waals surface area contributed by atoms with Crippen LogP contribution in [0.15, 0.2) is 36.4 Å². The van der Waals surface area contributed by atoms with Gasteiger partial charge in [0.15, 0.2) is 11.8 Å². The summed E-state index contributed by atoms with van der Waals surface area (Å²) in [5.41, 5.74) is 3.20. The number of carbonyl (C=O) groups is 2. The molecule has 2 heterocycles. The highest BCUT2D eigenvalue weighted by atomic mass is 16.5. The first-order valence-corrected chi connectivity index (χ1v) is 11.3. The first-order chi connectivity index (χ1) is 15.3. The Morgan fingerprint density at radius 1 is 1.19 bits per heavy atom. The molecule has 0 spiro atoms. The van der Waals surface area contributed by atoms with Gasteiger partial charge in [-0.05, 0) is 38.7 Å². The second kappa shape index (κ2) is 9.10. The predicted molar refractivity (Wildman–Crippen MR) is 123 cm³/mol. The van der Waals surface area contributed by atoms with Gasteiger partial charge in [-0.3, -0.25) is 9.48 Å². The van der Waals surface area contributed by atoms with Crippen molar-refractivity contribution < 1.29 is 14.3 Å². The van der Waals surface area contributed by atoms with Crippen molar-refractivity contribution >= 4 is 22.9 Å². The Balaban J connectivity index is 1.60. The highest BCUT2D eigenvalue weighted by Gasteiger charge is 2.28. The Morgan fingerprint density at radius 3 is 2.62 bits per heavy atom. The van der Waals surface area contributed by atoms with Crippen molar-refractivity contribution in [2.75, 3.05) is 0 Å². The van der Waals surface area contributed by atoms with E-state index in [4.69, 9.17) is 9.72 Å². The maximum Gasteiger partial charge on any atom is 0.339 e. The number of pyridine rings is 1. The van der Waals surface area contributed by atoms with Crippen LogP contribution in [0, 0.1) is 12.8 Å². The van der Waals surface area contributed by atoms with E-state index >= 15 is 0 Å². The summed E-state index contributed by atoms with van der Waals surface area (Å²) in [6, 6.07) is 11.5. The summed E-state index contributed by atoms with van der Waals surface area (Å²) in [5.74, 6) is -0.375. The molecular formula is C25H30N4O3. The van der Waals surface area contributed by atoms with Crippen LogP contribution in [-0.2, 0) is 16.6 Å². The Hall–Kier alpha value is -3.22. The highest BCUT2D eigenvalue weighted by Crippen LogP contribution is 2.28. The van der Waals surface area contributed by atoms with Crippen LogP contribution >= 0.6 is 0 Å². The van der Waals surface area contributed by atoms with Crippen molar-refractivity contribution in [3.8, 4) is 11.3 Å². The van der Waals surface area contributed by atoms with Crippen molar-refractivity contribution in [2.24, 2.45) is 13.0 Å². The number of amides is 1. The van der Waals surface area contributed by atoms with Gasteiger partial charge in [0, 0.05) is 18.7 Å².